The lowest BCUT2D eigenvalue weighted by molar-refractivity contribution is -0.136. The van der Waals surface area contributed by atoms with Crippen LogP contribution in [0.3, 0.4) is 0 Å². The van der Waals surface area contributed by atoms with E-state index in [9.17, 15) is 24.0 Å². The van der Waals surface area contributed by atoms with Gasteiger partial charge in [0.15, 0.2) is 0 Å². The number of carbonyl (C=O) groups is 4. The lowest BCUT2D eigenvalue weighted by atomic mass is 9.83. The Kier molecular flexibility index (Phi) is 7.54. The van der Waals surface area contributed by atoms with Crippen LogP contribution in [-0.4, -0.2) is 71.3 Å². The van der Waals surface area contributed by atoms with Crippen molar-refractivity contribution in [1.29, 1.82) is 0 Å². The predicted molar refractivity (Wildman–Crippen MR) is 152 cm³/mol. The van der Waals surface area contributed by atoms with E-state index in [2.05, 4.69) is 0 Å². The second kappa shape index (κ2) is 11.3. The quantitative estimate of drug-likeness (QED) is 0.317. The molecule has 3 atom stereocenters. The van der Waals surface area contributed by atoms with E-state index >= 15 is 0 Å². The van der Waals surface area contributed by atoms with E-state index in [0.717, 1.165) is 16.9 Å². The molecule has 0 bridgehead atoms. The van der Waals surface area contributed by atoms with Gasteiger partial charge >= 0.3 is 10.8 Å². The van der Waals surface area contributed by atoms with Crippen molar-refractivity contribution in [1.82, 2.24) is 9.47 Å². The second-order valence-electron chi connectivity index (χ2n) is 9.85. The first-order valence-electron chi connectivity index (χ1n) is 13.3. The number of hydrogen-bond acceptors (Lipinski definition) is 9. The van der Waals surface area contributed by atoms with Crippen LogP contribution in [0.1, 0.15) is 33.6 Å². The number of aromatic nitrogens is 1. The van der Waals surface area contributed by atoms with Crippen molar-refractivity contribution in [3.8, 4) is 0 Å². The van der Waals surface area contributed by atoms with Crippen LogP contribution in [0.2, 0.25) is 0 Å². The maximum Gasteiger partial charge on any atom is 0.338 e. The molecule has 10 nitrogen and oxygen atoms in total. The van der Waals surface area contributed by atoms with Crippen LogP contribution in [-0.2, 0) is 30.4 Å². The predicted octanol–water partition coefficient (Wildman–Crippen LogP) is 2.74. The number of ether oxygens (including phenoxy) is 2. The van der Waals surface area contributed by atoms with E-state index in [0.29, 0.717) is 47.5 Å². The highest BCUT2D eigenvalue weighted by Crippen LogP contribution is 2.53. The van der Waals surface area contributed by atoms with Crippen molar-refractivity contribution in [2.45, 2.75) is 29.7 Å². The van der Waals surface area contributed by atoms with Gasteiger partial charge in [-0.1, -0.05) is 53.4 Å². The standard InChI is InChI=1S/C29H27N3O7S2/c1-2-39-28(36)18-8-10-19(11-9-18)32-25(34)22-21(17-6-4-3-5-7-17)24-27(40-23(22)26(32)35)31(29(37)41-24)16-20(33)30-12-14-38-15-13-30/h3-11,21-23H,2,12-16H2,1H3/t21-,22+,23-/m0/s1. The van der Waals surface area contributed by atoms with Crippen LogP contribution in [0.4, 0.5) is 5.69 Å². The van der Waals surface area contributed by atoms with Gasteiger partial charge < -0.3 is 14.4 Å². The maximum absolute atomic E-state index is 14.0. The summed E-state index contributed by atoms with van der Waals surface area (Å²) in [5, 5.41) is -0.235. The molecule has 0 spiro atoms. The fraction of sp³-hybridized carbons (Fsp3) is 0.345. The molecule has 6 rings (SSSR count). The summed E-state index contributed by atoms with van der Waals surface area (Å²) in [6.07, 6.45) is 0. The van der Waals surface area contributed by atoms with E-state index in [4.69, 9.17) is 9.47 Å². The number of anilines is 1. The van der Waals surface area contributed by atoms with Gasteiger partial charge in [-0.05, 0) is 36.8 Å². The fourth-order valence-electron chi connectivity index (χ4n) is 5.54. The maximum atomic E-state index is 14.0. The Morgan fingerprint density at radius 3 is 2.37 bits per heavy atom. The molecule has 0 N–H and O–H groups in total. The number of morpholine rings is 1. The molecule has 3 aliphatic heterocycles. The number of nitrogens with zero attached hydrogens (tertiary/aromatic N) is 3. The third kappa shape index (κ3) is 4.89. The third-order valence-corrected chi connectivity index (χ3v) is 10.1. The molecule has 2 aromatic carbocycles. The summed E-state index contributed by atoms with van der Waals surface area (Å²) in [6, 6.07) is 15.6. The number of benzene rings is 2. The molecule has 3 aromatic rings. The number of esters is 1. The summed E-state index contributed by atoms with van der Waals surface area (Å²) in [6.45, 7) is 3.63. The number of hydrogen-bond donors (Lipinski definition) is 0. The van der Waals surface area contributed by atoms with Crippen molar-refractivity contribution >= 4 is 52.5 Å². The lowest BCUT2D eigenvalue weighted by Crippen LogP contribution is -2.43. The molecule has 3 aliphatic rings. The molecule has 0 radical (unpaired) electrons. The minimum Gasteiger partial charge on any atom is -0.462 e. The van der Waals surface area contributed by atoms with Crippen molar-refractivity contribution in [3.63, 3.8) is 0 Å². The Hall–Kier alpha value is -3.74. The molecule has 1 aromatic heterocycles. The van der Waals surface area contributed by atoms with Crippen molar-refractivity contribution in [2.24, 2.45) is 5.92 Å². The molecule has 41 heavy (non-hydrogen) atoms. The molecule has 0 aliphatic carbocycles. The van der Waals surface area contributed by atoms with Crippen LogP contribution in [0.25, 0.3) is 0 Å². The number of thioether (sulfide) groups is 1. The first kappa shape index (κ1) is 27.4. The van der Waals surface area contributed by atoms with Crippen LogP contribution in [0, 0.1) is 5.92 Å². The number of carbonyl (C=O) groups excluding carboxylic acids is 4. The first-order valence-corrected chi connectivity index (χ1v) is 15.0. The molecule has 3 amide bonds. The van der Waals surface area contributed by atoms with Gasteiger partial charge in [-0.2, -0.15) is 0 Å². The minimum atomic E-state index is -0.788. The Balaban J connectivity index is 1.37. The SMILES string of the molecule is CCOC(=O)c1ccc(N2C(=O)[C@@H]3[C@H](c4ccccc4)c4sc(=O)n(CC(=O)N5CCOCC5)c4S[C@@H]3C2=O)cc1. The summed E-state index contributed by atoms with van der Waals surface area (Å²) in [5.41, 5.74) is 1.50. The Labute approximate surface area is 243 Å². The van der Waals surface area contributed by atoms with Gasteiger partial charge in [0.25, 0.3) is 0 Å². The largest absolute Gasteiger partial charge is 0.462 e. The second-order valence-corrected chi connectivity index (χ2v) is 12.0. The van der Waals surface area contributed by atoms with Crippen LogP contribution in [0.5, 0.6) is 0 Å². The zero-order chi connectivity index (χ0) is 28.7. The normalized spacial score (nSPS) is 21.9. The minimum absolute atomic E-state index is 0.141. The molecule has 2 fully saturated rings. The van der Waals surface area contributed by atoms with Gasteiger partial charge in [0.1, 0.15) is 11.8 Å². The smallest absolute Gasteiger partial charge is 0.338 e. The summed E-state index contributed by atoms with van der Waals surface area (Å²) in [5.74, 6) is -2.71. The van der Waals surface area contributed by atoms with E-state index in [-0.39, 0.29) is 29.8 Å². The average Bonchev–Trinajstić information content (AvgIpc) is 3.44. The van der Waals surface area contributed by atoms with Gasteiger partial charge in [0.2, 0.25) is 17.7 Å². The molecule has 0 saturated carbocycles. The van der Waals surface area contributed by atoms with Gasteiger partial charge in [0, 0.05) is 23.9 Å². The molecule has 4 heterocycles. The summed E-state index contributed by atoms with van der Waals surface area (Å²) >= 11 is 2.20. The molecule has 212 valence electrons. The average molecular weight is 594 g/mol. The number of rotatable bonds is 6. The summed E-state index contributed by atoms with van der Waals surface area (Å²) in [7, 11) is 0. The van der Waals surface area contributed by atoms with Crippen LogP contribution >= 0.6 is 23.1 Å². The van der Waals surface area contributed by atoms with Crippen molar-refractivity contribution in [3.05, 3.63) is 80.3 Å². The van der Waals surface area contributed by atoms with Crippen molar-refractivity contribution < 1.29 is 28.7 Å². The Morgan fingerprint density at radius 2 is 1.68 bits per heavy atom. The molecular formula is C29H27N3O7S2. The van der Waals surface area contributed by atoms with E-state index in [1.807, 2.05) is 30.3 Å². The lowest BCUT2D eigenvalue weighted by Gasteiger charge is -2.31. The van der Waals surface area contributed by atoms with Gasteiger partial charge in [-0.3, -0.25) is 23.7 Å². The van der Waals surface area contributed by atoms with E-state index in [1.165, 1.54) is 33.4 Å². The van der Waals surface area contributed by atoms with Gasteiger partial charge in [-0.25, -0.2) is 9.69 Å². The summed E-state index contributed by atoms with van der Waals surface area (Å²) < 4.78 is 11.8. The first-order chi connectivity index (χ1) is 19.9. The van der Waals surface area contributed by atoms with Crippen LogP contribution < -0.4 is 9.77 Å². The summed E-state index contributed by atoms with van der Waals surface area (Å²) in [4.78, 5) is 69.6. The van der Waals surface area contributed by atoms with E-state index < -0.39 is 29.0 Å². The monoisotopic (exact) mass is 593 g/mol. The highest BCUT2D eigenvalue weighted by molar-refractivity contribution is 8.00. The van der Waals surface area contributed by atoms with Crippen LogP contribution in [0.15, 0.2) is 64.4 Å². The zero-order valence-corrected chi connectivity index (χ0v) is 23.8. The van der Waals surface area contributed by atoms with Crippen molar-refractivity contribution in [2.75, 3.05) is 37.8 Å². The Bertz CT molecular complexity index is 1560. The topological polar surface area (TPSA) is 115 Å². The fourth-order valence-corrected chi connectivity index (χ4v) is 8.31. The third-order valence-electron chi connectivity index (χ3n) is 7.50. The molecule has 2 saturated heterocycles. The number of imide groups is 1. The Morgan fingerprint density at radius 1 is 0.976 bits per heavy atom. The molecular weight excluding hydrogens is 566 g/mol. The zero-order valence-electron chi connectivity index (χ0n) is 22.2. The van der Waals surface area contributed by atoms with Gasteiger partial charge in [-0.15, -0.1) is 0 Å². The highest BCUT2D eigenvalue weighted by atomic mass is 32.2. The molecule has 0 unspecified atom stereocenters. The number of thiazole rings is 1. The van der Waals surface area contributed by atoms with E-state index in [1.54, 1.807) is 24.0 Å². The molecule has 12 heteroatoms. The van der Waals surface area contributed by atoms with Gasteiger partial charge in [0.05, 0.1) is 42.0 Å². The highest BCUT2D eigenvalue weighted by Gasteiger charge is 2.56. The number of fused-ring (bicyclic) bond motifs is 2. The number of amides is 3.